The van der Waals surface area contributed by atoms with Gasteiger partial charge in [-0.25, -0.2) is 8.78 Å². The second-order valence-corrected chi connectivity index (χ2v) is 6.74. The molecule has 132 valence electrons. The van der Waals surface area contributed by atoms with E-state index in [1.165, 1.54) is 0 Å². The van der Waals surface area contributed by atoms with Gasteiger partial charge in [0.2, 0.25) is 6.43 Å². The zero-order chi connectivity index (χ0) is 18.3. The van der Waals surface area contributed by atoms with Crippen LogP contribution in [0.3, 0.4) is 0 Å². The first-order valence-corrected chi connectivity index (χ1v) is 8.72. The summed E-state index contributed by atoms with van der Waals surface area (Å²) in [7, 11) is 0. The molecule has 0 saturated carbocycles. The third-order valence-electron chi connectivity index (χ3n) is 4.60. The van der Waals surface area contributed by atoms with E-state index in [9.17, 15) is 8.78 Å². The lowest BCUT2D eigenvalue weighted by molar-refractivity contribution is 0.132. The molecule has 6 heteroatoms. The van der Waals surface area contributed by atoms with E-state index in [-0.39, 0.29) is 13.0 Å². The molecule has 0 aliphatic heterocycles. The summed E-state index contributed by atoms with van der Waals surface area (Å²) in [6.07, 6.45) is 1.30. The zero-order valence-corrected chi connectivity index (χ0v) is 14.7. The Labute approximate surface area is 154 Å². The smallest absolute Gasteiger partial charge is 0.240 e. The van der Waals surface area contributed by atoms with Gasteiger partial charge in [-0.2, -0.15) is 0 Å². The molecule has 2 heterocycles. The molecular weight excluding hydrogens is 352 g/mol. The van der Waals surface area contributed by atoms with Crippen LogP contribution in [0.5, 0.6) is 0 Å². The van der Waals surface area contributed by atoms with E-state index in [0.717, 1.165) is 38.5 Å². The van der Waals surface area contributed by atoms with E-state index in [2.05, 4.69) is 11.1 Å². The number of nitrogens with one attached hydrogen (secondary N) is 1. The van der Waals surface area contributed by atoms with Crippen molar-refractivity contribution < 1.29 is 8.78 Å². The van der Waals surface area contributed by atoms with Crippen molar-refractivity contribution in [3.63, 3.8) is 0 Å². The number of nitrogens with zero attached hydrogens (tertiary/aromatic N) is 1. The fraction of sp³-hybridized carbons (Fsp3) is 0.150. The first kappa shape index (κ1) is 16.7. The summed E-state index contributed by atoms with van der Waals surface area (Å²) in [5.74, 6) is 0. The fourth-order valence-electron chi connectivity index (χ4n) is 3.33. The number of benzene rings is 2. The van der Waals surface area contributed by atoms with Gasteiger partial charge in [0.05, 0.1) is 0 Å². The first-order chi connectivity index (χ1) is 12.5. The summed E-state index contributed by atoms with van der Waals surface area (Å²) < 4.78 is 27.4. The Bertz CT molecular complexity index is 1110. The predicted molar refractivity (Wildman–Crippen MR) is 106 cm³/mol. The van der Waals surface area contributed by atoms with Crippen molar-refractivity contribution in [1.29, 1.82) is 0 Å². The lowest BCUT2D eigenvalue weighted by atomic mass is 10.0. The number of rotatable bonds is 5. The molecule has 2 aromatic heterocycles. The minimum absolute atomic E-state index is 0.179. The number of alkyl halides is 2. The molecule has 3 N–H and O–H groups in total. The fourth-order valence-corrected chi connectivity index (χ4v) is 3.46. The van der Waals surface area contributed by atoms with Crippen molar-refractivity contribution >= 4 is 39.0 Å². The van der Waals surface area contributed by atoms with Gasteiger partial charge in [0.1, 0.15) is 4.99 Å². The molecule has 4 aromatic rings. The molecule has 3 nitrogen and oxygen atoms in total. The molecule has 0 fully saturated rings. The summed E-state index contributed by atoms with van der Waals surface area (Å²) in [5, 5.41) is 2.06. The normalized spacial score (nSPS) is 11.7. The number of fused-ring (bicyclic) bond motifs is 2. The largest absolute Gasteiger partial charge is 0.389 e. The average Bonchev–Trinajstić information content (AvgIpc) is 3.22. The molecular formula is C20H17F2N3S. The number of aromatic nitrogens is 2. The van der Waals surface area contributed by atoms with Gasteiger partial charge in [0.15, 0.2) is 0 Å². The molecule has 0 saturated heterocycles. The molecule has 4 rings (SSSR count). The van der Waals surface area contributed by atoms with Crippen LogP contribution in [0.25, 0.3) is 32.9 Å². The molecule has 2 aromatic carbocycles. The lowest BCUT2D eigenvalue weighted by Gasteiger charge is -2.04. The topological polar surface area (TPSA) is 46.7 Å². The van der Waals surface area contributed by atoms with Gasteiger partial charge in [0.25, 0.3) is 0 Å². The summed E-state index contributed by atoms with van der Waals surface area (Å²) in [6.45, 7) is 0.263. The van der Waals surface area contributed by atoms with Gasteiger partial charge in [-0.3, -0.25) is 0 Å². The number of nitrogens with two attached hydrogens (primary N) is 1. The summed E-state index contributed by atoms with van der Waals surface area (Å²) >= 11 is 5.08. The van der Waals surface area contributed by atoms with E-state index >= 15 is 0 Å². The minimum atomic E-state index is -2.33. The van der Waals surface area contributed by atoms with E-state index in [0.29, 0.717) is 4.99 Å². The number of thiocarbonyl (C=S) groups is 1. The van der Waals surface area contributed by atoms with Gasteiger partial charge >= 0.3 is 0 Å². The van der Waals surface area contributed by atoms with Crippen molar-refractivity contribution in [3.05, 3.63) is 60.4 Å². The van der Waals surface area contributed by atoms with Crippen LogP contribution in [0.4, 0.5) is 8.78 Å². The Morgan fingerprint density at radius 1 is 1.19 bits per heavy atom. The molecule has 0 bridgehead atoms. The maximum absolute atomic E-state index is 12.7. The van der Waals surface area contributed by atoms with Crippen LogP contribution in [-0.4, -0.2) is 21.0 Å². The van der Waals surface area contributed by atoms with E-state index in [4.69, 9.17) is 18.0 Å². The summed E-state index contributed by atoms with van der Waals surface area (Å²) in [6, 6.07) is 13.8. The minimum Gasteiger partial charge on any atom is -0.389 e. The van der Waals surface area contributed by atoms with E-state index in [1.807, 2.05) is 53.4 Å². The Hall–Kier alpha value is -2.73. The number of halogens is 2. The Morgan fingerprint density at radius 2 is 2.04 bits per heavy atom. The van der Waals surface area contributed by atoms with Crippen LogP contribution < -0.4 is 5.73 Å². The second-order valence-electron chi connectivity index (χ2n) is 6.30. The second kappa shape index (κ2) is 6.53. The summed E-state index contributed by atoms with van der Waals surface area (Å²) in [5.41, 5.74) is 10.4. The quantitative estimate of drug-likeness (QED) is 0.482. The number of H-pyrrole nitrogens is 1. The number of hydrogen-bond donors (Lipinski definition) is 2. The maximum atomic E-state index is 12.7. The number of aryl methyl sites for hydroxylation is 1. The van der Waals surface area contributed by atoms with Crippen molar-refractivity contribution in [1.82, 2.24) is 9.55 Å². The molecule has 0 radical (unpaired) electrons. The highest BCUT2D eigenvalue weighted by Crippen LogP contribution is 2.34. The Morgan fingerprint density at radius 3 is 2.81 bits per heavy atom. The van der Waals surface area contributed by atoms with Gasteiger partial charge in [0, 0.05) is 58.3 Å². The third kappa shape index (κ3) is 2.97. The van der Waals surface area contributed by atoms with Crippen LogP contribution in [0.15, 0.2) is 54.9 Å². The highest BCUT2D eigenvalue weighted by atomic mass is 32.1. The predicted octanol–water partition coefficient (Wildman–Crippen LogP) is 5.08. The molecule has 0 aliphatic rings. The lowest BCUT2D eigenvalue weighted by Crippen LogP contribution is -2.08. The summed E-state index contributed by atoms with van der Waals surface area (Å²) in [4.78, 5) is 3.54. The third-order valence-corrected chi connectivity index (χ3v) is 4.84. The van der Waals surface area contributed by atoms with Gasteiger partial charge < -0.3 is 15.3 Å². The SMILES string of the molecule is NC(=S)c1cccc(-c2cn(CCC(F)F)c3cc4cc[nH]c4cc23)c1. The molecule has 0 aliphatic carbocycles. The van der Waals surface area contributed by atoms with Gasteiger partial charge in [-0.15, -0.1) is 0 Å². The molecule has 0 unspecified atom stereocenters. The Kier molecular flexibility index (Phi) is 4.20. The standard InChI is InChI=1S/C20H17F2N3S/c21-19(22)5-7-25-11-16(12-2-1-3-14(8-12)20(23)26)15-10-17-13(4-6-24-17)9-18(15)25/h1-4,6,8-11,19,24H,5,7H2,(H2,23,26). The van der Waals surface area contributed by atoms with Crippen LogP contribution in [0, 0.1) is 0 Å². The monoisotopic (exact) mass is 369 g/mol. The van der Waals surface area contributed by atoms with Crippen molar-refractivity contribution in [2.45, 2.75) is 19.4 Å². The molecule has 0 spiro atoms. The molecule has 0 atom stereocenters. The average molecular weight is 369 g/mol. The van der Waals surface area contributed by atoms with E-state index < -0.39 is 6.43 Å². The van der Waals surface area contributed by atoms with E-state index in [1.54, 1.807) is 0 Å². The zero-order valence-electron chi connectivity index (χ0n) is 13.9. The first-order valence-electron chi connectivity index (χ1n) is 8.31. The number of aromatic amines is 1. The van der Waals surface area contributed by atoms with Gasteiger partial charge in [-0.1, -0.05) is 30.4 Å². The molecule has 26 heavy (non-hydrogen) atoms. The van der Waals surface area contributed by atoms with Crippen LogP contribution in [0.2, 0.25) is 0 Å². The maximum Gasteiger partial charge on any atom is 0.240 e. The van der Waals surface area contributed by atoms with Crippen molar-refractivity contribution in [3.8, 4) is 11.1 Å². The number of hydrogen-bond acceptors (Lipinski definition) is 1. The van der Waals surface area contributed by atoms with Gasteiger partial charge in [-0.05, 0) is 29.8 Å². The molecule has 0 amide bonds. The highest BCUT2D eigenvalue weighted by Gasteiger charge is 2.14. The van der Waals surface area contributed by atoms with Crippen molar-refractivity contribution in [2.75, 3.05) is 0 Å². The van der Waals surface area contributed by atoms with Crippen LogP contribution in [-0.2, 0) is 6.54 Å². The highest BCUT2D eigenvalue weighted by molar-refractivity contribution is 7.80. The van der Waals surface area contributed by atoms with Crippen LogP contribution >= 0.6 is 12.2 Å². The van der Waals surface area contributed by atoms with Crippen LogP contribution in [0.1, 0.15) is 12.0 Å². The van der Waals surface area contributed by atoms with Crippen molar-refractivity contribution in [2.24, 2.45) is 5.73 Å². The Balaban J connectivity index is 1.93.